The maximum atomic E-state index is 4.57. The molecule has 3 heteroatoms. The van der Waals surface area contributed by atoms with Gasteiger partial charge in [0.1, 0.15) is 5.82 Å². The first-order chi connectivity index (χ1) is 9.36. The lowest BCUT2D eigenvalue weighted by Crippen LogP contribution is -2.26. The van der Waals surface area contributed by atoms with Crippen LogP contribution in [0.15, 0.2) is 42.6 Å². The van der Waals surface area contributed by atoms with Gasteiger partial charge in [-0.15, -0.1) is 0 Å². The minimum absolute atomic E-state index is 0.867. The Morgan fingerprint density at radius 2 is 1.68 bits per heavy atom. The monoisotopic (exact) mass is 316 g/mol. The number of halogens is 1. The van der Waals surface area contributed by atoms with Gasteiger partial charge in [0.2, 0.25) is 0 Å². The smallest absolute Gasteiger partial charge is 0.128 e. The van der Waals surface area contributed by atoms with E-state index in [2.05, 4.69) is 62.2 Å². The van der Waals surface area contributed by atoms with Gasteiger partial charge in [-0.1, -0.05) is 46.3 Å². The van der Waals surface area contributed by atoms with Crippen LogP contribution in [0.3, 0.4) is 0 Å². The summed E-state index contributed by atoms with van der Waals surface area (Å²) in [6.07, 6.45) is 4.18. The number of hydrogen-bond acceptors (Lipinski definition) is 2. The fourth-order valence-corrected chi connectivity index (χ4v) is 2.91. The van der Waals surface area contributed by atoms with Gasteiger partial charge in [0, 0.05) is 24.6 Å². The van der Waals surface area contributed by atoms with Crippen molar-refractivity contribution in [3.05, 3.63) is 59.3 Å². The van der Waals surface area contributed by atoms with E-state index in [1.165, 1.54) is 16.7 Å². The van der Waals surface area contributed by atoms with E-state index >= 15 is 0 Å². The molecule has 0 atom stereocenters. The molecule has 1 aliphatic heterocycles. The maximum absolute atomic E-state index is 4.57. The third-order valence-electron chi connectivity index (χ3n) is 3.71. The lowest BCUT2D eigenvalue weighted by molar-refractivity contribution is 0.790. The summed E-state index contributed by atoms with van der Waals surface area (Å²) in [6.45, 7) is 2.11. The number of pyridine rings is 1. The lowest BCUT2D eigenvalue weighted by atomic mass is 10.0. The predicted octanol–water partition coefficient (Wildman–Crippen LogP) is 3.58. The van der Waals surface area contributed by atoms with Crippen LogP contribution in [0.1, 0.15) is 16.7 Å². The lowest BCUT2D eigenvalue weighted by Gasteiger charge is -2.21. The number of hydrogen-bond donors (Lipinski definition) is 0. The molecule has 0 unspecified atom stereocenters. The Morgan fingerprint density at radius 1 is 1.00 bits per heavy atom. The summed E-state index contributed by atoms with van der Waals surface area (Å²) in [5.41, 5.74) is 4.20. The highest BCUT2D eigenvalue weighted by molar-refractivity contribution is 9.08. The molecule has 2 heterocycles. The maximum Gasteiger partial charge on any atom is 0.128 e. The van der Waals surface area contributed by atoms with Crippen LogP contribution < -0.4 is 4.90 Å². The molecule has 2 aromatic rings. The van der Waals surface area contributed by atoms with E-state index in [9.17, 15) is 0 Å². The van der Waals surface area contributed by atoms with E-state index in [4.69, 9.17) is 0 Å². The van der Waals surface area contributed by atoms with Gasteiger partial charge < -0.3 is 4.90 Å². The number of alkyl halides is 1. The topological polar surface area (TPSA) is 16.1 Å². The van der Waals surface area contributed by atoms with Gasteiger partial charge in [0.15, 0.2) is 0 Å². The fraction of sp³-hybridized carbons (Fsp3) is 0.312. The van der Waals surface area contributed by atoms with Crippen LogP contribution in [0, 0.1) is 0 Å². The summed E-state index contributed by atoms with van der Waals surface area (Å²) in [5.74, 6) is 1.09. The van der Waals surface area contributed by atoms with Crippen molar-refractivity contribution in [3.63, 3.8) is 0 Å². The van der Waals surface area contributed by atoms with Crippen molar-refractivity contribution < 1.29 is 0 Å². The Kier molecular flexibility index (Phi) is 3.83. The van der Waals surface area contributed by atoms with Crippen LogP contribution in [0.2, 0.25) is 0 Å². The predicted molar refractivity (Wildman–Crippen MR) is 82.9 cm³/mol. The van der Waals surface area contributed by atoms with Crippen molar-refractivity contribution in [1.29, 1.82) is 0 Å². The Labute approximate surface area is 122 Å². The van der Waals surface area contributed by atoms with Crippen molar-refractivity contribution >= 4 is 21.7 Å². The molecule has 0 amide bonds. The summed E-state index contributed by atoms with van der Waals surface area (Å²) >= 11 is 3.46. The summed E-state index contributed by atoms with van der Waals surface area (Å²) in [6, 6.07) is 13.1. The molecule has 0 saturated carbocycles. The van der Waals surface area contributed by atoms with Gasteiger partial charge in [0.25, 0.3) is 0 Å². The molecular formula is C16H17BrN2. The molecule has 98 valence electrons. The van der Waals surface area contributed by atoms with Crippen LogP contribution in [0.4, 0.5) is 5.82 Å². The van der Waals surface area contributed by atoms with Crippen molar-refractivity contribution in [2.24, 2.45) is 0 Å². The second-order valence-electron chi connectivity index (χ2n) is 4.91. The van der Waals surface area contributed by atoms with Crippen molar-refractivity contribution in [3.8, 4) is 0 Å². The highest BCUT2D eigenvalue weighted by atomic mass is 79.9. The van der Waals surface area contributed by atoms with Crippen molar-refractivity contribution in [2.45, 2.75) is 18.2 Å². The summed E-state index contributed by atoms with van der Waals surface area (Å²) < 4.78 is 0. The Hall–Kier alpha value is -1.35. The van der Waals surface area contributed by atoms with Gasteiger partial charge in [-0.2, -0.15) is 0 Å². The normalized spacial score (nSPS) is 14.9. The quantitative estimate of drug-likeness (QED) is 0.787. The minimum atomic E-state index is 0.867. The van der Waals surface area contributed by atoms with Gasteiger partial charge in [0.05, 0.1) is 0 Å². The highest BCUT2D eigenvalue weighted by Gasteiger charge is 2.14. The molecule has 0 N–H and O–H groups in total. The van der Waals surface area contributed by atoms with Crippen LogP contribution in [0.5, 0.6) is 0 Å². The first kappa shape index (κ1) is 12.7. The summed E-state index contributed by atoms with van der Waals surface area (Å²) in [7, 11) is 0. The van der Waals surface area contributed by atoms with E-state index in [1.54, 1.807) is 0 Å². The van der Waals surface area contributed by atoms with Gasteiger partial charge in [-0.25, -0.2) is 4.98 Å². The van der Waals surface area contributed by atoms with Crippen LogP contribution >= 0.6 is 15.9 Å². The van der Waals surface area contributed by atoms with Gasteiger partial charge in [-0.05, 0) is 35.6 Å². The zero-order valence-electron chi connectivity index (χ0n) is 10.8. The average Bonchev–Trinajstić information content (AvgIpc) is 2.70. The number of rotatable bonds is 2. The Balaban J connectivity index is 1.77. The van der Waals surface area contributed by atoms with Gasteiger partial charge >= 0.3 is 0 Å². The fourth-order valence-electron chi connectivity index (χ4n) is 2.58. The molecule has 0 aliphatic carbocycles. The highest BCUT2D eigenvalue weighted by Crippen LogP contribution is 2.20. The van der Waals surface area contributed by atoms with Crippen molar-refractivity contribution in [1.82, 2.24) is 4.98 Å². The molecule has 0 spiro atoms. The molecule has 1 aromatic heterocycles. The number of benzene rings is 1. The zero-order chi connectivity index (χ0) is 13.1. The molecule has 3 rings (SSSR count). The van der Waals surface area contributed by atoms with E-state index in [0.29, 0.717) is 0 Å². The molecule has 0 radical (unpaired) electrons. The van der Waals surface area contributed by atoms with Crippen LogP contribution in [-0.2, 0) is 18.2 Å². The largest absolute Gasteiger partial charge is 0.356 e. The average molecular weight is 317 g/mol. The number of aromatic nitrogens is 1. The molecule has 1 aliphatic rings. The minimum Gasteiger partial charge on any atom is -0.356 e. The molecule has 19 heavy (non-hydrogen) atoms. The number of anilines is 1. The number of fused-ring (bicyclic) bond motifs is 1. The van der Waals surface area contributed by atoms with E-state index in [1.807, 2.05) is 6.20 Å². The summed E-state index contributed by atoms with van der Waals surface area (Å²) in [5, 5.41) is 0.867. The molecule has 0 saturated heterocycles. The van der Waals surface area contributed by atoms with E-state index < -0.39 is 0 Å². The summed E-state index contributed by atoms with van der Waals surface area (Å²) in [4.78, 5) is 6.96. The van der Waals surface area contributed by atoms with Gasteiger partial charge in [-0.3, -0.25) is 0 Å². The standard InChI is InChI=1S/C16H17BrN2/c17-11-13-5-6-16(18-12-13)19-9-7-14-3-1-2-4-15(14)8-10-19/h1-6,12H,7-11H2. The number of nitrogens with zero attached hydrogens (tertiary/aromatic N) is 2. The first-order valence-corrected chi connectivity index (χ1v) is 7.81. The third-order valence-corrected chi connectivity index (χ3v) is 4.36. The van der Waals surface area contributed by atoms with Crippen molar-refractivity contribution in [2.75, 3.05) is 18.0 Å². The molecule has 0 fully saturated rings. The second kappa shape index (κ2) is 5.74. The van der Waals surface area contributed by atoms with E-state index in [0.717, 1.165) is 37.1 Å². The van der Waals surface area contributed by atoms with E-state index in [-0.39, 0.29) is 0 Å². The Bertz CT molecular complexity index is 524. The first-order valence-electron chi connectivity index (χ1n) is 6.69. The Morgan fingerprint density at radius 3 is 2.21 bits per heavy atom. The molecular weight excluding hydrogens is 300 g/mol. The molecule has 0 bridgehead atoms. The second-order valence-corrected chi connectivity index (χ2v) is 5.47. The van der Waals surface area contributed by atoms with Crippen LogP contribution in [0.25, 0.3) is 0 Å². The zero-order valence-corrected chi connectivity index (χ0v) is 12.4. The SMILES string of the molecule is BrCc1ccc(N2CCc3ccccc3CC2)nc1. The molecule has 2 nitrogen and oxygen atoms in total. The van der Waals surface area contributed by atoms with Crippen LogP contribution in [-0.4, -0.2) is 18.1 Å². The molecule has 1 aromatic carbocycles. The third kappa shape index (κ3) is 2.81.